The van der Waals surface area contributed by atoms with Gasteiger partial charge in [0.2, 0.25) is 0 Å². The minimum absolute atomic E-state index is 0.0438. The minimum atomic E-state index is -0.0676. The van der Waals surface area contributed by atoms with Crippen molar-refractivity contribution in [1.82, 2.24) is 14.9 Å². The van der Waals surface area contributed by atoms with E-state index in [0.717, 1.165) is 29.4 Å². The van der Waals surface area contributed by atoms with E-state index in [9.17, 15) is 0 Å². The fourth-order valence-electron chi connectivity index (χ4n) is 3.77. The number of thiocarbonyl (C=S) groups is 1. The molecule has 150 valence electrons. The predicted molar refractivity (Wildman–Crippen MR) is 117 cm³/mol. The average molecular weight is 409 g/mol. The molecule has 2 aromatic heterocycles. The van der Waals surface area contributed by atoms with Gasteiger partial charge in [-0.1, -0.05) is 6.07 Å². The van der Waals surface area contributed by atoms with Gasteiger partial charge < -0.3 is 24.3 Å². The molecule has 1 aliphatic rings. The average Bonchev–Trinajstić information content (AvgIpc) is 3.36. The first-order chi connectivity index (χ1) is 14.2. The molecule has 0 saturated carbocycles. The van der Waals surface area contributed by atoms with E-state index in [0.29, 0.717) is 11.7 Å². The van der Waals surface area contributed by atoms with Crippen molar-refractivity contribution in [3.05, 3.63) is 78.4 Å². The van der Waals surface area contributed by atoms with Crippen molar-refractivity contribution in [1.29, 1.82) is 0 Å². The van der Waals surface area contributed by atoms with Crippen LogP contribution in [0.2, 0.25) is 0 Å². The van der Waals surface area contributed by atoms with E-state index in [4.69, 9.17) is 21.7 Å². The molecule has 3 aromatic rings. The molecule has 0 amide bonds. The van der Waals surface area contributed by atoms with Crippen LogP contribution in [0.5, 0.6) is 5.75 Å². The molecule has 2 atom stereocenters. The molecule has 1 N–H and O–H groups in total. The first-order valence-electron chi connectivity index (χ1n) is 9.51. The second-order valence-electron chi connectivity index (χ2n) is 6.81. The molecule has 3 heterocycles. The summed E-state index contributed by atoms with van der Waals surface area (Å²) >= 11 is 5.76. The lowest BCUT2D eigenvalue weighted by Crippen LogP contribution is -2.30. The van der Waals surface area contributed by atoms with E-state index < -0.39 is 0 Å². The minimum Gasteiger partial charge on any atom is -0.497 e. The van der Waals surface area contributed by atoms with Crippen LogP contribution in [-0.4, -0.2) is 35.5 Å². The highest BCUT2D eigenvalue weighted by Crippen LogP contribution is 2.41. The summed E-state index contributed by atoms with van der Waals surface area (Å²) < 4.78 is 12.8. The lowest BCUT2D eigenvalue weighted by atomic mass is 10.0. The maximum absolute atomic E-state index is 5.76. The molecule has 6 nitrogen and oxygen atoms in total. The van der Waals surface area contributed by atoms with Gasteiger partial charge in [0.15, 0.2) is 5.11 Å². The van der Waals surface area contributed by atoms with Gasteiger partial charge in [-0.05, 0) is 60.7 Å². The Morgan fingerprint density at radius 1 is 1.07 bits per heavy atom. The van der Waals surface area contributed by atoms with E-state index in [-0.39, 0.29) is 12.1 Å². The van der Waals surface area contributed by atoms with Crippen molar-refractivity contribution >= 4 is 23.0 Å². The molecule has 1 saturated heterocycles. The zero-order valence-electron chi connectivity index (χ0n) is 16.5. The lowest BCUT2D eigenvalue weighted by Gasteiger charge is -2.29. The van der Waals surface area contributed by atoms with Crippen LogP contribution >= 0.6 is 12.2 Å². The highest BCUT2D eigenvalue weighted by Gasteiger charge is 2.41. The summed E-state index contributed by atoms with van der Waals surface area (Å²) in [7, 11) is 3.38. The van der Waals surface area contributed by atoms with Gasteiger partial charge in [0.1, 0.15) is 11.8 Å². The predicted octanol–water partition coefficient (Wildman–Crippen LogP) is 3.72. The Hall–Kier alpha value is -2.90. The van der Waals surface area contributed by atoms with Crippen molar-refractivity contribution in [2.24, 2.45) is 0 Å². The summed E-state index contributed by atoms with van der Waals surface area (Å²) in [6.07, 6.45) is 3.90. The van der Waals surface area contributed by atoms with Crippen molar-refractivity contribution < 1.29 is 9.47 Å². The maximum Gasteiger partial charge on any atom is 0.174 e. The first-order valence-corrected chi connectivity index (χ1v) is 9.92. The van der Waals surface area contributed by atoms with Crippen LogP contribution < -0.4 is 15.0 Å². The van der Waals surface area contributed by atoms with Gasteiger partial charge >= 0.3 is 0 Å². The number of benzene rings is 1. The first kappa shape index (κ1) is 19.4. The molecule has 1 aliphatic heterocycles. The van der Waals surface area contributed by atoms with Gasteiger partial charge in [0, 0.05) is 37.4 Å². The second-order valence-corrected chi connectivity index (χ2v) is 7.20. The van der Waals surface area contributed by atoms with Crippen molar-refractivity contribution in [2.45, 2.75) is 18.6 Å². The van der Waals surface area contributed by atoms with Crippen LogP contribution in [0.15, 0.2) is 67.0 Å². The number of aromatic nitrogens is 2. The number of nitrogens with one attached hydrogen (secondary N) is 1. The van der Waals surface area contributed by atoms with Crippen molar-refractivity contribution in [2.75, 3.05) is 25.7 Å². The summed E-state index contributed by atoms with van der Waals surface area (Å²) in [5.74, 6) is 0.813. The molecule has 29 heavy (non-hydrogen) atoms. The van der Waals surface area contributed by atoms with Gasteiger partial charge in [0.05, 0.1) is 25.5 Å². The standard InChI is InChI=1S/C22H24N4O2S/c1-27-15-14-25-13-5-7-19(25)21-20(18-6-3-4-12-23-18)24-22(29)26(21)16-8-10-17(28-2)11-9-16/h3-13,20-21H,14-15H2,1-2H3,(H,24,29)/t20-,21+/m0/s1. The normalized spacial score (nSPS) is 18.7. The second kappa shape index (κ2) is 8.63. The van der Waals surface area contributed by atoms with Crippen LogP contribution in [0.25, 0.3) is 0 Å². The number of hydrogen-bond donors (Lipinski definition) is 1. The molecule has 0 spiro atoms. The number of methoxy groups -OCH3 is 2. The third-order valence-electron chi connectivity index (χ3n) is 5.15. The van der Waals surface area contributed by atoms with Crippen LogP contribution in [0.4, 0.5) is 5.69 Å². The van der Waals surface area contributed by atoms with Gasteiger partial charge in [-0.2, -0.15) is 0 Å². The molecular formula is C22H24N4O2S. The highest BCUT2D eigenvalue weighted by atomic mass is 32.1. The van der Waals surface area contributed by atoms with Gasteiger partial charge in [0.25, 0.3) is 0 Å². The Balaban J connectivity index is 1.78. The summed E-state index contributed by atoms with van der Waals surface area (Å²) in [6, 6.07) is 18.0. The van der Waals surface area contributed by atoms with E-state index in [1.165, 1.54) is 0 Å². The number of hydrogen-bond acceptors (Lipinski definition) is 4. The third kappa shape index (κ3) is 3.83. The Morgan fingerprint density at radius 3 is 2.59 bits per heavy atom. The van der Waals surface area contributed by atoms with E-state index >= 15 is 0 Å². The lowest BCUT2D eigenvalue weighted by molar-refractivity contribution is 0.186. The third-order valence-corrected chi connectivity index (χ3v) is 5.47. The van der Waals surface area contributed by atoms with Gasteiger partial charge in [-0.3, -0.25) is 4.98 Å². The SMILES string of the molecule is COCCn1cccc1[C@@H]1[C@H](c2ccccn2)NC(=S)N1c1ccc(OC)cc1. The fraction of sp³-hybridized carbons (Fsp3) is 0.273. The van der Waals surface area contributed by atoms with Crippen molar-refractivity contribution in [3.8, 4) is 5.75 Å². The van der Waals surface area contributed by atoms with Crippen LogP contribution in [0, 0.1) is 0 Å². The molecule has 1 aromatic carbocycles. The zero-order chi connectivity index (χ0) is 20.2. The van der Waals surface area contributed by atoms with E-state index in [2.05, 4.69) is 38.1 Å². The number of anilines is 1. The summed E-state index contributed by atoms with van der Waals surface area (Å²) in [5, 5.41) is 4.16. The largest absolute Gasteiger partial charge is 0.497 e. The van der Waals surface area contributed by atoms with Crippen molar-refractivity contribution in [3.63, 3.8) is 0 Å². The molecule has 7 heteroatoms. The maximum atomic E-state index is 5.76. The molecule has 4 rings (SSSR count). The summed E-state index contributed by atoms with van der Waals surface area (Å²) in [5.41, 5.74) is 3.11. The quantitative estimate of drug-likeness (QED) is 0.602. The number of rotatable bonds is 7. The number of ether oxygens (including phenoxy) is 2. The Labute approximate surface area is 176 Å². The molecule has 0 aliphatic carbocycles. The summed E-state index contributed by atoms with van der Waals surface area (Å²) in [6.45, 7) is 1.41. The van der Waals surface area contributed by atoms with Crippen LogP contribution in [-0.2, 0) is 11.3 Å². The molecule has 0 bridgehead atoms. The Bertz CT molecular complexity index is 958. The fourth-order valence-corrected chi connectivity index (χ4v) is 4.11. The van der Waals surface area contributed by atoms with Gasteiger partial charge in [-0.15, -0.1) is 0 Å². The van der Waals surface area contributed by atoms with E-state index in [1.807, 2.05) is 48.7 Å². The summed E-state index contributed by atoms with van der Waals surface area (Å²) in [4.78, 5) is 6.76. The Morgan fingerprint density at radius 2 is 1.90 bits per heavy atom. The zero-order valence-corrected chi connectivity index (χ0v) is 17.3. The number of nitrogens with zero attached hydrogens (tertiary/aromatic N) is 3. The molecule has 1 fully saturated rings. The Kier molecular flexibility index (Phi) is 5.78. The van der Waals surface area contributed by atoms with Crippen LogP contribution in [0.3, 0.4) is 0 Å². The monoisotopic (exact) mass is 408 g/mol. The highest BCUT2D eigenvalue weighted by molar-refractivity contribution is 7.80. The topological polar surface area (TPSA) is 51.5 Å². The molecule has 0 unspecified atom stereocenters. The smallest absolute Gasteiger partial charge is 0.174 e. The molecular weight excluding hydrogens is 384 g/mol. The molecule has 0 radical (unpaired) electrons. The van der Waals surface area contributed by atoms with Gasteiger partial charge in [-0.25, -0.2) is 0 Å². The van der Waals surface area contributed by atoms with E-state index in [1.54, 1.807) is 14.2 Å². The number of pyridine rings is 1. The van der Waals surface area contributed by atoms with Crippen LogP contribution in [0.1, 0.15) is 23.5 Å².